The second-order valence-corrected chi connectivity index (χ2v) is 13.1. The van der Waals surface area contributed by atoms with Gasteiger partial charge in [-0.2, -0.15) is 0 Å². The number of rotatable bonds is 9. The zero-order valence-electron chi connectivity index (χ0n) is 24.2. The topological polar surface area (TPSA) is 190 Å². The number of nitrogens with zero attached hydrogens (tertiary/aromatic N) is 3. The van der Waals surface area contributed by atoms with Crippen LogP contribution < -0.4 is 16.4 Å². The van der Waals surface area contributed by atoms with Crippen LogP contribution in [0, 0.1) is 17.2 Å². The van der Waals surface area contributed by atoms with Gasteiger partial charge in [0.25, 0.3) is 5.91 Å². The number of imidazole rings is 1. The smallest absolute Gasteiger partial charge is 0.254 e. The number of aromatic amines is 1. The summed E-state index contributed by atoms with van der Waals surface area (Å²) in [7, 11) is -1.82. The Kier molecular flexibility index (Phi) is 9.01. The molecule has 2 saturated heterocycles. The van der Waals surface area contributed by atoms with Gasteiger partial charge in [0.15, 0.2) is 5.96 Å². The molecule has 3 heterocycles. The van der Waals surface area contributed by atoms with Crippen LogP contribution in [0.3, 0.4) is 0 Å². The summed E-state index contributed by atoms with van der Waals surface area (Å²) in [5.74, 6) is 0.861. The molecule has 2 fully saturated rings. The lowest BCUT2D eigenvalue weighted by Crippen LogP contribution is -2.40. The number of hydrogen-bond donors (Lipinski definition) is 6. The van der Waals surface area contributed by atoms with Gasteiger partial charge in [-0.15, -0.1) is 0 Å². The van der Waals surface area contributed by atoms with E-state index in [2.05, 4.69) is 15.6 Å². The number of aliphatic hydroxyl groups excluding tert-OH is 1. The minimum Gasteiger partial charge on any atom is -0.370 e. The van der Waals surface area contributed by atoms with E-state index in [1.165, 1.54) is 17.7 Å². The Hall–Kier alpha value is -3.98. The van der Waals surface area contributed by atoms with Crippen LogP contribution >= 0.6 is 0 Å². The Morgan fingerprint density at radius 3 is 2.37 bits per heavy atom. The summed E-state index contributed by atoms with van der Waals surface area (Å²) < 4.78 is 30.5. The first-order valence-corrected chi connectivity index (χ1v) is 16.0. The van der Waals surface area contributed by atoms with Gasteiger partial charge >= 0.3 is 0 Å². The summed E-state index contributed by atoms with van der Waals surface area (Å²) in [6.45, 7) is 1.51. The van der Waals surface area contributed by atoms with E-state index >= 15 is 0 Å². The number of carbonyl (C=O) groups excluding carboxylic acids is 1. The molecule has 1 unspecified atom stereocenters. The Bertz CT molecular complexity index is 1540. The lowest BCUT2D eigenvalue weighted by molar-refractivity contribution is -0.0509. The Labute approximate surface area is 251 Å². The van der Waals surface area contributed by atoms with Gasteiger partial charge in [-0.05, 0) is 73.1 Å². The molecule has 2 aliphatic rings. The molecular weight excluding hydrogens is 572 g/mol. The third kappa shape index (κ3) is 7.16. The van der Waals surface area contributed by atoms with Gasteiger partial charge in [0.1, 0.15) is 5.82 Å². The van der Waals surface area contributed by atoms with Crippen molar-refractivity contribution in [2.24, 2.45) is 17.6 Å². The minimum absolute atomic E-state index is 0.125. The third-order valence-electron chi connectivity index (χ3n) is 8.26. The van der Waals surface area contributed by atoms with Crippen LogP contribution in [-0.4, -0.2) is 84.0 Å². The van der Waals surface area contributed by atoms with Crippen molar-refractivity contribution in [3.63, 3.8) is 0 Å². The van der Waals surface area contributed by atoms with E-state index in [0.29, 0.717) is 48.8 Å². The summed E-state index contributed by atoms with van der Waals surface area (Å²) in [5, 5.41) is 22.6. The first-order valence-electron chi connectivity index (χ1n) is 14.1. The van der Waals surface area contributed by atoms with Crippen molar-refractivity contribution < 1.29 is 23.1 Å². The van der Waals surface area contributed by atoms with Gasteiger partial charge in [-0.25, -0.2) is 17.7 Å². The van der Waals surface area contributed by atoms with Gasteiger partial charge in [-0.3, -0.25) is 10.2 Å². The number of guanidine groups is 1. The Morgan fingerprint density at radius 2 is 1.77 bits per heavy atom. The van der Waals surface area contributed by atoms with Crippen molar-refractivity contribution >= 4 is 33.3 Å². The molecule has 0 radical (unpaired) electrons. The number of hydrogen-bond acceptors (Lipinski definition) is 8. The van der Waals surface area contributed by atoms with Crippen molar-refractivity contribution in [3.8, 4) is 11.3 Å². The van der Waals surface area contributed by atoms with Crippen molar-refractivity contribution in [1.29, 1.82) is 5.41 Å². The maximum atomic E-state index is 13.9. The zero-order chi connectivity index (χ0) is 30.7. The number of H-pyrrole nitrogens is 1. The molecule has 3 aromatic rings. The number of amides is 1. The molecule has 43 heavy (non-hydrogen) atoms. The number of nitrogens with one attached hydrogen (secondary N) is 4. The highest BCUT2D eigenvalue weighted by atomic mass is 32.2. The molecule has 7 N–H and O–H groups in total. The standard InChI is InChI=1S/C29H38N8O5S/c1-42-29(39)34-23-7-3-19(4-8-23)24-16-32-26(35-24)25-15-21(18-11-13-36(14-12-18)43(2,40)41)17-37(25)27(38)20-5-9-22(10-6-20)33-28(30)31/h3-10,16,18,21,25,29,34,39H,11-15,17H2,1-2H3,(H,32,35)(H4,30,31,33)/t21-,25-,29?/m0/s1. The SMILES string of the molecule is COC(O)Nc1ccc(-c2cnc([C@@H]3C[C@H](C4CCN(S(C)(=O)=O)CC4)CN3C(=O)c3ccc(NC(=N)N)cc3)[nH]2)cc1. The number of likely N-dealkylation sites (tertiary alicyclic amines) is 1. The maximum absolute atomic E-state index is 13.9. The first kappa shape index (κ1) is 30.5. The number of anilines is 2. The summed E-state index contributed by atoms with van der Waals surface area (Å²) >= 11 is 0. The van der Waals surface area contributed by atoms with E-state index in [0.717, 1.165) is 24.1 Å². The fourth-order valence-corrected chi connectivity index (χ4v) is 6.86. The average molecular weight is 611 g/mol. The van der Waals surface area contributed by atoms with Crippen molar-refractivity contribution in [1.82, 2.24) is 19.2 Å². The number of nitrogens with two attached hydrogens (primary N) is 1. The number of carbonyl (C=O) groups is 1. The van der Waals surface area contributed by atoms with Crippen LogP contribution in [-0.2, 0) is 14.8 Å². The molecule has 14 heteroatoms. The normalized spacial score (nSPS) is 20.6. The number of benzene rings is 2. The largest absolute Gasteiger partial charge is 0.370 e. The van der Waals surface area contributed by atoms with E-state index in [9.17, 15) is 18.3 Å². The lowest BCUT2D eigenvalue weighted by atomic mass is 9.83. The molecule has 0 spiro atoms. The quantitative estimate of drug-likeness (QED) is 0.120. The van der Waals surface area contributed by atoms with E-state index in [1.54, 1.807) is 30.5 Å². The van der Waals surface area contributed by atoms with Crippen molar-refractivity contribution in [2.75, 3.05) is 43.6 Å². The molecule has 5 rings (SSSR count). The van der Waals surface area contributed by atoms with Crippen molar-refractivity contribution in [3.05, 3.63) is 66.1 Å². The average Bonchev–Trinajstić information content (AvgIpc) is 3.65. The number of piperidine rings is 1. The molecule has 1 amide bonds. The van der Waals surface area contributed by atoms with Gasteiger partial charge in [0.2, 0.25) is 16.4 Å². The summed E-state index contributed by atoms with van der Waals surface area (Å²) in [6, 6.07) is 14.0. The molecule has 13 nitrogen and oxygen atoms in total. The highest BCUT2D eigenvalue weighted by Gasteiger charge is 2.42. The van der Waals surface area contributed by atoms with Crippen LogP contribution in [0.25, 0.3) is 11.3 Å². The van der Waals surface area contributed by atoms with Gasteiger partial charge in [0.05, 0.1) is 24.2 Å². The van der Waals surface area contributed by atoms with E-state index in [1.807, 2.05) is 29.2 Å². The molecule has 2 aromatic carbocycles. The molecule has 0 bridgehead atoms. The zero-order valence-corrected chi connectivity index (χ0v) is 25.0. The number of sulfonamides is 1. The van der Waals surface area contributed by atoms with Gasteiger partial charge in [-0.1, -0.05) is 12.1 Å². The predicted octanol–water partition coefficient (Wildman–Crippen LogP) is 2.59. The van der Waals surface area contributed by atoms with Crippen LogP contribution in [0.2, 0.25) is 0 Å². The molecule has 0 saturated carbocycles. The number of ether oxygens (including phenoxy) is 1. The molecule has 3 atom stereocenters. The monoisotopic (exact) mass is 610 g/mol. The second kappa shape index (κ2) is 12.7. The van der Waals surface area contributed by atoms with E-state index in [4.69, 9.17) is 20.9 Å². The summed E-state index contributed by atoms with van der Waals surface area (Å²) in [4.78, 5) is 23.9. The second-order valence-electron chi connectivity index (χ2n) is 11.1. The van der Waals surface area contributed by atoms with E-state index in [-0.39, 0.29) is 29.7 Å². The maximum Gasteiger partial charge on any atom is 0.254 e. The third-order valence-corrected chi connectivity index (χ3v) is 9.56. The van der Waals surface area contributed by atoms with E-state index < -0.39 is 16.4 Å². The van der Waals surface area contributed by atoms with Gasteiger partial charge < -0.3 is 36.1 Å². The highest BCUT2D eigenvalue weighted by Crippen LogP contribution is 2.42. The summed E-state index contributed by atoms with van der Waals surface area (Å²) in [6.07, 6.45) is 4.11. The number of aromatic nitrogens is 2. The molecule has 230 valence electrons. The Morgan fingerprint density at radius 1 is 1.12 bits per heavy atom. The molecule has 0 aliphatic carbocycles. The first-order chi connectivity index (χ1) is 20.5. The fourth-order valence-electron chi connectivity index (χ4n) is 5.99. The molecule has 1 aromatic heterocycles. The number of aliphatic hydroxyl groups is 1. The molecular formula is C29H38N8O5S. The highest BCUT2D eigenvalue weighted by molar-refractivity contribution is 7.88. The lowest BCUT2D eigenvalue weighted by Gasteiger charge is -2.33. The van der Waals surface area contributed by atoms with Crippen LogP contribution in [0.15, 0.2) is 54.7 Å². The minimum atomic E-state index is -3.23. The molecule has 2 aliphatic heterocycles. The van der Waals surface area contributed by atoms with Gasteiger partial charge in [0, 0.05) is 43.7 Å². The predicted molar refractivity (Wildman–Crippen MR) is 164 cm³/mol. The van der Waals surface area contributed by atoms with Crippen LogP contribution in [0.1, 0.15) is 41.5 Å². The summed E-state index contributed by atoms with van der Waals surface area (Å²) in [5.41, 5.74) is 8.95. The Balaban J connectivity index is 1.37. The van der Waals surface area contributed by atoms with Crippen LogP contribution in [0.5, 0.6) is 0 Å². The fraction of sp³-hybridized carbons (Fsp3) is 0.414. The van der Waals surface area contributed by atoms with Crippen molar-refractivity contribution in [2.45, 2.75) is 31.7 Å². The van der Waals surface area contributed by atoms with Crippen LogP contribution in [0.4, 0.5) is 11.4 Å². The number of methoxy groups -OCH3 is 1.